The Morgan fingerprint density at radius 1 is 1.36 bits per heavy atom. The standard InChI is InChI=1S/C11H17NO2/c1-8(13)11-9(12(2)3)6-5-7-10(11)14-4/h5-8,13H,1-4H3/t8-/m0/s1. The quantitative estimate of drug-likeness (QED) is 0.798. The van der Waals surface area contributed by atoms with E-state index in [0.717, 1.165) is 17.0 Å². The van der Waals surface area contributed by atoms with Crippen LogP contribution in [0.4, 0.5) is 5.69 Å². The molecule has 0 aliphatic heterocycles. The summed E-state index contributed by atoms with van der Waals surface area (Å²) >= 11 is 0. The lowest BCUT2D eigenvalue weighted by Gasteiger charge is -2.21. The average molecular weight is 195 g/mol. The van der Waals surface area contributed by atoms with E-state index in [4.69, 9.17) is 4.74 Å². The van der Waals surface area contributed by atoms with Gasteiger partial charge in [0.25, 0.3) is 0 Å². The molecule has 0 aliphatic carbocycles. The van der Waals surface area contributed by atoms with Gasteiger partial charge in [-0.05, 0) is 19.1 Å². The SMILES string of the molecule is COc1cccc(N(C)C)c1[C@H](C)O. The lowest BCUT2D eigenvalue weighted by molar-refractivity contribution is 0.195. The Morgan fingerprint density at radius 3 is 2.43 bits per heavy atom. The average Bonchev–Trinajstić information content (AvgIpc) is 2.16. The molecular weight excluding hydrogens is 178 g/mol. The van der Waals surface area contributed by atoms with Crippen molar-refractivity contribution in [1.29, 1.82) is 0 Å². The number of hydrogen-bond acceptors (Lipinski definition) is 3. The third-order valence-corrected chi connectivity index (χ3v) is 2.16. The van der Waals surface area contributed by atoms with Crippen molar-refractivity contribution in [2.45, 2.75) is 13.0 Å². The fourth-order valence-corrected chi connectivity index (χ4v) is 1.52. The van der Waals surface area contributed by atoms with E-state index < -0.39 is 6.10 Å². The number of rotatable bonds is 3. The van der Waals surface area contributed by atoms with Gasteiger partial charge in [-0.2, -0.15) is 0 Å². The van der Waals surface area contributed by atoms with E-state index >= 15 is 0 Å². The van der Waals surface area contributed by atoms with Crippen molar-refractivity contribution in [2.24, 2.45) is 0 Å². The van der Waals surface area contributed by atoms with Crippen molar-refractivity contribution in [3.63, 3.8) is 0 Å². The highest BCUT2D eigenvalue weighted by Gasteiger charge is 2.14. The summed E-state index contributed by atoms with van der Waals surface area (Å²) in [6.45, 7) is 1.74. The molecular formula is C11H17NO2. The second kappa shape index (κ2) is 4.33. The molecule has 3 nitrogen and oxygen atoms in total. The minimum atomic E-state index is -0.524. The van der Waals surface area contributed by atoms with Crippen molar-refractivity contribution in [3.05, 3.63) is 23.8 Å². The van der Waals surface area contributed by atoms with E-state index in [0.29, 0.717) is 0 Å². The molecule has 78 valence electrons. The normalized spacial score (nSPS) is 12.4. The molecule has 1 N–H and O–H groups in total. The first-order chi connectivity index (χ1) is 6.57. The molecule has 1 rings (SSSR count). The van der Waals surface area contributed by atoms with Crippen molar-refractivity contribution < 1.29 is 9.84 Å². The first-order valence-corrected chi connectivity index (χ1v) is 4.60. The molecule has 0 aromatic heterocycles. The van der Waals surface area contributed by atoms with Crippen molar-refractivity contribution in [2.75, 3.05) is 26.1 Å². The molecule has 14 heavy (non-hydrogen) atoms. The van der Waals surface area contributed by atoms with Crippen LogP contribution < -0.4 is 9.64 Å². The van der Waals surface area contributed by atoms with E-state index in [-0.39, 0.29) is 0 Å². The molecule has 0 saturated carbocycles. The van der Waals surface area contributed by atoms with Crippen LogP contribution >= 0.6 is 0 Å². The molecule has 0 unspecified atom stereocenters. The lowest BCUT2D eigenvalue weighted by atomic mass is 10.1. The molecule has 0 heterocycles. The Bertz CT molecular complexity index is 308. The third-order valence-electron chi connectivity index (χ3n) is 2.16. The number of nitrogens with zero attached hydrogens (tertiary/aromatic N) is 1. The predicted molar refractivity (Wildman–Crippen MR) is 58.0 cm³/mol. The van der Waals surface area contributed by atoms with Crippen molar-refractivity contribution in [3.8, 4) is 5.75 Å². The van der Waals surface area contributed by atoms with Crippen molar-refractivity contribution >= 4 is 5.69 Å². The number of ether oxygens (including phenoxy) is 1. The van der Waals surface area contributed by atoms with E-state index in [1.807, 2.05) is 37.2 Å². The van der Waals surface area contributed by atoms with Crippen LogP contribution in [0.15, 0.2) is 18.2 Å². The number of hydrogen-bond donors (Lipinski definition) is 1. The number of methoxy groups -OCH3 is 1. The Kier molecular flexibility index (Phi) is 3.36. The van der Waals surface area contributed by atoms with Gasteiger partial charge < -0.3 is 14.7 Å². The zero-order chi connectivity index (χ0) is 10.7. The van der Waals surface area contributed by atoms with Gasteiger partial charge in [-0.1, -0.05) is 6.07 Å². The zero-order valence-electron chi connectivity index (χ0n) is 9.11. The van der Waals surface area contributed by atoms with E-state index in [9.17, 15) is 5.11 Å². The molecule has 0 amide bonds. The van der Waals surface area contributed by atoms with Gasteiger partial charge in [0.2, 0.25) is 0 Å². The molecule has 0 bridgehead atoms. The molecule has 3 heteroatoms. The van der Waals surface area contributed by atoms with E-state index in [1.165, 1.54) is 0 Å². The van der Waals surface area contributed by atoms with Gasteiger partial charge >= 0.3 is 0 Å². The Balaban J connectivity index is 3.28. The molecule has 0 aliphatic rings. The highest BCUT2D eigenvalue weighted by molar-refractivity contribution is 5.59. The van der Waals surface area contributed by atoms with Crippen LogP contribution in [-0.4, -0.2) is 26.3 Å². The van der Waals surface area contributed by atoms with E-state index in [2.05, 4.69) is 0 Å². The number of aliphatic hydroxyl groups excluding tert-OH is 1. The van der Waals surface area contributed by atoms with Crippen molar-refractivity contribution in [1.82, 2.24) is 0 Å². The highest BCUT2D eigenvalue weighted by Crippen LogP contribution is 2.33. The van der Waals surface area contributed by atoms with Gasteiger partial charge in [-0.25, -0.2) is 0 Å². The molecule has 1 aromatic rings. The molecule has 0 spiro atoms. The van der Waals surface area contributed by atoms with Crippen LogP contribution in [0.25, 0.3) is 0 Å². The summed E-state index contributed by atoms with van der Waals surface area (Å²) in [5.41, 5.74) is 1.82. The second-order valence-corrected chi connectivity index (χ2v) is 3.46. The summed E-state index contributed by atoms with van der Waals surface area (Å²) in [5.74, 6) is 0.728. The van der Waals surface area contributed by atoms with Crippen LogP contribution in [0, 0.1) is 0 Å². The van der Waals surface area contributed by atoms with E-state index in [1.54, 1.807) is 14.0 Å². The number of anilines is 1. The summed E-state index contributed by atoms with van der Waals surface area (Å²) in [6.07, 6.45) is -0.524. The second-order valence-electron chi connectivity index (χ2n) is 3.46. The van der Waals surface area contributed by atoms with Crippen LogP contribution in [0.1, 0.15) is 18.6 Å². The summed E-state index contributed by atoms with van der Waals surface area (Å²) in [6, 6.07) is 5.74. The van der Waals surface area contributed by atoms with Gasteiger partial charge in [0.15, 0.2) is 0 Å². The largest absolute Gasteiger partial charge is 0.496 e. The predicted octanol–water partition coefficient (Wildman–Crippen LogP) is 1.81. The van der Waals surface area contributed by atoms with Crippen LogP contribution in [0.3, 0.4) is 0 Å². The zero-order valence-corrected chi connectivity index (χ0v) is 9.11. The van der Waals surface area contributed by atoms with Gasteiger partial charge in [-0.3, -0.25) is 0 Å². The Hall–Kier alpha value is -1.22. The molecule has 0 fully saturated rings. The van der Waals surface area contributed by atoms with Gasteiger partial charge in [0.1, 0.15) is 5.75 Å². The molecule has 1 atom stereocenters. The smallest absolute Gasteiger partial charge is 0.126 e. The summed E-state index contributed by atoms with van der Waals surface area (Å²) in [7, 11) is 5.50. The molecule has 0 saturated heterocycles. The van der Waals surface area contributed by atoms with Gasteiger partial charge in [0, 0.05) is 25.3 Å². The molecule has 0 radical (unpaired) electrons. The Morgan fingerprint density at radius 2 is 2.00 bits per heavy atom. The summed E-state index contributed by atoms with van der Waals surface area (Å²) in [5, 5.41) is 9.66. The fourth-order valence-electron chi connectivity index (χ4n) is 1.52. The molecule has 1 aromatic carbocycles. The highest BCUT2D eigenvalue weighted by atomic mass is 16.5. The van der Waals surface area contributed by atoms with Crippen LogP contribution in [0.2, 0.25) is 0 Å². The maximum absolute atomic E-state index is 9.66. The topological polar surface area (TPSA) is 32.7 Å². The maximum Gasteiger partial charge on any atom is 0.126 e. The van der Waals surface area contributed by atoms with Gasteiger partial charge in [-0.15, -0.1) is 0 Å². The first-order valence-electron chi connectivity index (χ1n) is 4.60. The van der Waals surface area contributed by atoms with Gasteiger partial charge in [0.05, 0.1) is 13.2 Å². The first kappa shape index (κ1) is 10.9. The number of aliphatic hydroxyl groups is 1. The Labute approximate surface area is 84.9 Å². The van der Waals surface area contributed by atoms with Crippen LogP contribution in [0.5, 0.6) is 5.75 Å². The lowest BCUT2D eigenvalue weighted by Crippen LogP contribution is -2.13. The fraction of sp³-hybridized carbons (Fsp3) is 0.455. The number of benzene rings is 1. The monoisotopic (exact) mass is 195 g/mol. The van der Waals surface area contributed by atoms with Crippen LogP contribution in [-0.2, 0) is 0 Å². The summed E-state index contributed by atoms with van der Waals surface area (Å²) < 4.78 is 5.21. The minimum absolute atomic E-state index is 0.524. The third kappa shape index (κ3) is 1.99. The minimum Gasteiger partial charge on any atom is -0.496 e. The summed E-state index contributed by atoms with van der Waals surface area (Å²) in [4.78, 5) is 1.96. The maximum atomic E-state index is 9.66.